The molecule has 0 aliphatic heterocycles. The third-order valence-electron chi connectivity index (χ3n) is 5.79. The normalized spacial score (nSPS) is 11.7. The van der Waals surface area contributed by atoms with Gasteiger partial charge in [0.05, 0.1) is 52.4 Å². The Morgan fingerprint density at radius 2 is 0.667 bits per heavy atom. The van der Waals surface area contributed by atoms with E-state index in [0.717, 1.165) is 0 Å². The van der Waals surface area contributed by atoms with Crippen molar-refractivity contribution in [2.45, 2.75) is 60.8 Å². The van der Waals surface area contributed by atoms with E-state index in [1.165, 1.54) is 80.6 Å². The van der Waals surface area contributed by atoms with Crippen molar-refractivity contribution in [3.05, 3.63) is 0 Å². The molecule has 0 saturated carbocycles. The lowest BCUT2D eigenvalue weighted by atomic mass is 10.1. The SMILES string of the molecule is CC[N+](CC)(CC)CCCCC[N+](CC)(CC)CC.[F-].[F-]. The van der Waals surface area contributed by atoms with Crippen molar-refractivity contribution in [1.82, 2.24) is 0 Å². The molecule has 0 rings (SSSR count). The smallest absolute Gasteiger partial charge is 0.0786 e. The second kappa shape index (κ2) is 13.4. The van der Waals surface area contributed by atoms with Gasteiger partial charge in [-0.25, -0.2) is 0 Å². The molecule has 0 fully saturated rings. The van der Waals surface area contributed by atoms with Gasteiger partial charge >= 0.3 is 0 Å². The summed E-state index contributed by atoms with van der Waals surface area (Å²) in [6, 6.07) is 0. The van der Waals surface area contributed by atoms with E-state index in [2.05, 4.69) is 41.5 Å². The Morgan fingerprint density at radius 3 is 0.857 bits per heavy atom. The first-order valence-corrected chi connectivity index (χ1v) is 8.77. The van der Waals surface area contributed by atoms with Crippen molar-refractivity contribution < 1.29 is 18.4 Å². The Balaban J connectivity index is -0.00000162. The van der Waals surface area contributed by atoms with Crippen LogP contribution in [0.5, 0.6) is 0 Å². The summed E-state index contributed by atoms with van der Waals surface area (Å²) in [6.07, 6.45) is 4.24. The molecule has 0 atom stereocenters. The van der Waals surface area contributed by atoms with E-state index in [9.17, 15) is 0 Å². The summed E-state index contributed by atoms with van der Waals surface area (Å²) in [5.74, 6) is 0. The van der Waals surface area contributed by atoms with Crippen LogP contribution in [-0.4, -0.2) is 61.3 Å². The Labute approximate surface area is 132 Å². The van der Waals surface area contributed by atoms with Crippen molar-refractivity contribution in [3.8, 4) is 0 Å². The molecule has 21 heavy (non-hydrogen) atoms. The number of halogens is 2. The van der Waals surface area contributed by atoms with Crippen molar-refractivity contribution in [2.24, 2.45) is 0 Å². The zero-order valence-corrected chi connectivity index (χ0v) is 15.4. The zero-order valence-electron chi connectivity index (χ0n) is 15.4. The summed E-state index contributed by atoms with van der Waals surface area (Å²) in [5, 5.41) is 0. The summed E-state index contributed by atoms with van der Waals surface area (Å²) in [7, 11) is 0. The molecule has 0 unspecified atom stereocenters. The highest BCUT2D eigenvalue weighted by molar-refractivity contribution is 4.46. The summed E-state index contributed by atoms with van der Waals surface area (Å²) in [6.45, 7) is 24.6. The molecule has 0 spiro atoms. The van der Waals surface area contributed by atoms with Crippen molar-refractivity contribution >= 4 is 0 Å². The molecule has 0 aromatic carbocycles. The summed E-state index contributed by atoms with van der Waals surface area (Å²) < 4.78 is 2.63. The molecule has 0 radical (unpaired) electrons. The Morgan fingerprint density at radius 1 is 0.429 bits per heavy atom. The van der Waals surface area contributed by atoms with Gasteiger partial charge < -0.3 is 18.4 Å². The summed E-state index contributed by atoms with van der Waals surface area (Å²) in [4.78, 5) is 0. The Kier molecular flexibility index (Phi) is 16.5. The van der Waals surface area contributed by atoms with Gasteiger partial charge in [0.25, 0.3) is 0 Å². The Hall–Kier alpha value is -0.220. The second-order valence-electron chi connectivity index (χ2n) is 6.09. The highest BCUT2D eigenvalue weighted by Crippen LogP contribution is 2.12. The van der Waals surface area contributed by atoms with Crippen molar-refractivity contribution in [3.63, 3.8) is 0 Å². The maximum Gasteiger partial charge on any atom is 0.0786 e. The minimum atomic E-state index is 0. The molecule has 132 valence electrons. The fraction of sp³-hybridized carbons (Fsp3) is 1.00. The van der Waals surface area contributed by atoms with Crippen molar-refractivity contribution in [2.75, 3.05) is 52.4 Å². The van der Waals surface area contributed by atoms with Crippen LogP contribution in [0.2, 0.25) is 0 Å². The monoisotopic (exact) mass is 310 g/mol. The van der Waals surface area contributed by atoms with E-state index in [1.807, 2.05) is 0 Å². The number of nitrogens with zero attached hydrogens (tertiary/aromatic N) is 2. The second-order valence-corrected chi connectivity index (χ2v) is 6.09. The van der Waals surface area contributed by atoms with Gasteiger partial charge in [-0.05, 0) is 60.8 Å². The van der Waals surface area contributed by atoms with Crippen LogP contribution < -0.4 is 9.41 Å². The molecule has 0 bridgehead atoms. The van der Waals surface area contributed by atoms with Gasteiger partial charge in [0.1, 0.15) is 0 Å². The van der Waals surface area contributed by atoms with E-state index in [-0.39, 0.29) is 9.41 Å². The fourth-order valence-electron chi connectivity index (χ4n) is 3.36. The highest BCUT2D eigenvalue weighted by atomic mass is 19.0. The number of unbranched alkanes of at least 4 members (excludes halogenated alkanes) is 2. The number of hydrogen-bond donors (Lipinski definition) is 0. The average Bonchev–Trinajstić information content (AvgIpc) is 2.48. The minimum absolute atomic E-state index is 0. The van der Waals surface area contributed by atoms with Gasteiger partial charge in [-0.3, -0.25) is 0 Å². The van der Waals surface area contributed by atoms with E-state index in [1.54, 1.807) is 0 Å². The number of quaternary nitrogens is 2. The molecule has 2 nitrogen and oxygen atoms in total. The van der Waals surface area contributed by atoms with E-state index in [0.29, 0.717) is 0 Å². The van der Waals surface area contributed by atoms with Crippen LogP contribution in [0, 0.1) is 0 Å². The fourth-order valence-corrected chi connectivity index (χ4v) is 3.36. The predicted molar refractivity (Wildman–Crippen MR) is 87.4 cm³/mol. The lowest BCUT2D eigenvalue weighted by molar-refractivity contribution is -0.925. The molecular weight excluding hydrogens is 270 g/mol. The van der Waals surface area contributed by atoms with Crippen LogP contribution >= 0.6 is 0 Å². The topological polar surface area (TPSA) is 0 Å². The summed E-state index contributed by atoms with van der Waals surface area (Å²) in [5.41, 5.74) is 0. The molecule has 0 heterocycles. The van der Waals surface area contributed by atoms with Crippen LogP contribution in [0.4, 0.5) is 0 Å². The average molecular weight is 311 g/mol. The van der Waals surface area contributed by atoms with Crippen LogP contribution in [-0.2, 0) is 0 Å². The maximum atomic E-state index is 2.35. The molecule has 0 aromatic rings. The zero-order chi connectivity index (χ0) is 14.8. The lowest BCUT2D eigenvalue weighted by Gasteiger charge is -2.37. The van der Waals surface area contributed by atoms with Gasteiger partial charge in [0.15, 0.2) is 0 Å². The molecule has 0 aromatic heterocycles. The Bertz CT molecular complexity index is 176. The van der Waals surface area contributed by atoms with E-state index in [4.69, 9.17) is 0 Å². The molecule has 4 heteroatoms. The number of hydrogen-bond acceptors (Lipinski definition) is 0. The lowest BCUT2D eigenvalue weighted by Crippen LogP contribution is -3.00. The molecule has 0 N–H and O–H groups in total. The molecule has 0 saturated heterocycles. The van der Waals surface area contributed by atoms with Crippen LogP contribution in [0.3, 0.4) is 0 Å². The van der Waals surface area contributed by atoms with Gasteiger partial charge in [0, 0.05) is 0 Å². The van der Waals surface area contributed by atoms with Gasteiger partial charge in [-0.15, -0.1) is 0 Å². The highest BCUT2D eigenvalue weighted by Gasteiger charge is 2.21. The van der Waals surface area contributed by atoms with Gasteiger partial charge in [0.2, 0.25) is 0 Å². The third kappa shape index (κ3) is 8.10. The quantitative estimate of drug-likeness (QED) is 0.287. The van der Waals surface area contributed by atoms with Crippen LogP contribution in [0.25, 0.3) is 0 Å². The molecule has 0 amide bonds. The minimum Gasteiger partial charge on any atom is -1.00 e. The largest absolute Gasteiger partial charge is 1.00 e. The number of rotatable bonds is 12. The first-order valence-electron chi connectivity index (χ1n) is 8.77. The van der Waals surface area contributed by atoms with Crippen molar-refractivity contribution in [1.29, 1.82) is 0 Å². The molecule has 0 aliphatic rings. The first-order chi connectivity index (χ1) is 9.07. The first kappa shape index (κ1) is 25.7. The van der Waals surface area contributed by atoms with Crippen LogP contribution in [0.15, 0.2) is 0 Å². The van der Waals surface area contributed by atoms with E-state index < -0.39 is 0 Å². The standard InChI is InChI=1S/C17H40N2.2FH/c1-7-18(8-2,9-3)16-14-13-15-17-19(10-4,11-5)12-6;;/h7-17H2,1-6H3;2*1H/q+2;;/p-2. The van der Waals surface area contributed by atoms with E-state index >= 15 is 0 Å². The van der Waals surface area contributed by atoms with Gasteiger partial charge in [-0.2, -0.15) is 0 Å². The summed E-state index contributed by atoms with van der Waals surface area (Å²) >= 11 is 0. The third-order valence-corrected chi connectivity index (χ3v) is 5.79. The molecule has 0 aliphatic carbocycles. The maximum absolute atomic E-state index is 2.35. The van der Waals surface area contributed by atoms with Crippen LogP contribution in [0.1, 0.15) is 60.8 Å². The molecular formula is C17H40F2N2. The predicted octanol–water partition coefficient (Wildman–Crippen LogP) is -2.08. The van der Waals surface area contributed by atoms with Gasteiger partial charge in [-0.1, -0.05) is 0 Å².